The van der Waals surface area contributed by atoms with Gasteiger partial charge in [-0.1, -0.05) is 60.7 Å². The highest BCUT2D eigenvalue weighted by Gasteiger charge is 2.33. The lowest BCUT2D eigenvalue weighted by Crippen LogP contribution is -2.16. The average Bonchev–Trinajstić information content (AvgIpc) is 2.66. The van der Waals surface area contributed by atoms with Crippen LogP contribution in [-0.2, 0) is 0 Å². The maximum absolute atomic E-state index is 6.33. The Bertz CT molecular complexity index is 1200. The van der Waals surface area contributed by atoms with Crippen molar-refractivity contribution in [3.63, 3.8) is 0 Å². The number of nitrogens with zero attached hydrogens (tertiary/aromatic N) is 1. The number of ether oxygens (including phenoxy) is 1. The van der Waals surface area contributed by atoms with Crippen LogP contribution in [0.1, 0.15) is 22.6 Å². The van der Waals surface area contributed by atoms with Crippen LogP contribution < -0.4 is 10.5 Å². The Morgan fingerprint density at radius 2 is 1.69 bits per heavy atom. The number of nitrogen functional groups attached to an aromatic ring is 1. The normalized spacial score (nSPS) is 15.2. The predicted molar refractivity (Wildman–Crippen MR) is 105 cm³/mol. The summed E-state index contributed by atoms with van der Waals surface area (Å²) in [6, 6.07) is 22.6. The van der Waals surface area contributed by atoms with Crippen LogP contribution in [0.25, 0.3) is 10.8 Å². The lowest BCUT2D eigenvalue weighted by atomic mass is 9.81. The van der Waals surface area contributed by atoms with Gasteiger partial charge in [-0.15, -0.1) is 0 Å². The summed E-state index contributed by atoms with van der Waals surface area (Å²) in [4.78, 5) is 7.36. The lowest BCUT2D eigenvalue weighted by molar-refractivity contribution is 0.433. The van der Waals surface area contributed by atoms with Crippen molar-refractivity contribution in [2.24, 2.45) is 0 Å². The number of hydrogen-bond donors (Lipinski definition) is 2. The van der Waals surface area contributed by atoms with E-state index < -0.39 is 0 Å². The zero-order chi connectivity index (χ0) is 17.7. The van der Waals surface area contributed by atoms with E-state index in [1.165, 1.54) is 0 Å². The number of aromatic nitrogens is 2. The number of anilines is 1. The van der Waals surface area contributed by atoms with E-state index in [9.17, 15) is 0 Å². The summed E-state index contributed by atoms with van der Waals surface area (Å²) in [5.74, 6) is 1.67. The summed E-state index contributed by atoms with van der Waals surface area (Å²) in [5.41, 5.74) is 9.39. The van der Waals surface area contributed by atoms with Gasteiger partial charge in [-0.25, -0.2) is 0 Å². The molecule has 1 unspecified atom stereocenters. The highest BCUT2D eigenvalue weighted by atomic mass is 32.1. The first-order valence-corrected chi connectivity index (χ1v) is 8.77. The summed E-state index contributed by atoms with van der Waals surface area (Å²) >= 11 is 5.19. The Kier molecular flexibility index (Phi) is 3.30. The molecule has 26 heavy (non-hydrogen) atoms. The van der Waals surface area contributed by atoms with Gasteiger partial charge in [0, 0.05) is 11.5 Å². The van der Waals surface area contributed by atoms with E-state index in [0.29, 0.717) is 16.5 Å². The van der Waals surface area contributed by atoms with Crippen LogP contribution in [0.4, 0.5) is 5.82 Å². The van der Waals surface area contributed by atoms with Crippen molar-refractivity contribution in [3.8, 4) is 11.6 Å². The summed E-state index contributed by atoms with van der Waals surface area (Å²) < 4.78 is 6.44. The number of benzene rings is 3. The van der Waals surface area contributed by atoms with Crippen molar-refractivity contribution in [2.75, 3.05) is 5.73 Å². The molecule has 0 bridgehead atoms. The molecule has 0 aliphatic carbocycles. The molecule has 5 heteroatoms. The van der Waals surface area contributed by atoms with Crippen molar-refractivity contribution >= 4 is 28.8 Å². The number of H-pyrrole nitrogens is 1. The molecule has 4 nitrogen and oxygen atoms in total. The van der Waals surface area contributed by atoms with Gasteiger partial charge in [0.25, 0.3) is 0 Å². The molecule has 0 amide bonds. The van der Waals surface area contributed by atoms with Crippen molar-refractivity contribution < 1.29 is 4.74 Å². The third kappa shape index (κ3) is 2.21. The number of aromatic amines is 1. The van der Waals surface area contributed by atoms with Crippen LogP contribution in [0.3, 0.4) is 0 Å². The maximum atomic E-state index is 6.33. The van der Waals surface area contributed by atoms with Gasteiger partial charge in [0.15, 0.2) is 0 Å². The maximum Gasteiger partial charge on any atom is 0.229 e. The molecule has 0 radical (unpaired) electrons. The van der Waals surface area contributed by atoms with Crippen molar-refractivity contribution in [1.29, 1.82) is 0 Å². The standard InChI is InChI=1S/C21H15N3OS/c22-19-18-16(13-7-2-1-3-8-13)17-14-9-5-4-6-12(14)10-11-15(17)25-20(18)24-21(26)23-19/h1-11,16H,(H3,22,23,24,26). The van der Waals surface area contributed by atoms with Gasteiger partial charge in [-0.3, -0.25) is 0 Å². The van der Waals surface area contributed by atoms with Gasteiger partial charge >= 0.3 is 0 Å². The van der Waals surface area contributed by atoms with Gasteiger partial charge < -0.3 is 15.5 Å². The number of nitrogens with two attached hydrogens (primary N) is 1. The fraction of sp³-hybridized carbons (Fsp3) is 0.0476. The van der Waals surface area contributed by atoms with E-state index in [2.05, 4.69) is 40.3 Å². The lowest BCUT2D eigenvalue weighted by Gasteiger charge is -2.29. The Balaban J connectivity index is 1.90. The third-order valence-electron chi connectivity index (χ3n) is 4.81. The van der Waals surface area contributed by atoms with E-state index in [1.807, 2.05) is 36.4 Å². The van der Waals surface area contributed by atoms with E-state index in [0.717, 1.165) is 33.2 Å². The molecule has 1 aliphatic rings. The van der Waals surface area contributed by atoms with Gasteiger partial charge in [-0.2, -0.15) is 4.98 Å². The Morgan fingerprint density at radius 3 is 2.54 bits per heavy atom. The van der Waals surface area contributed by atoms with Crippen LogP contribution in [0.5, 0.6) is 11.6 Å². The van der Waals surface area contributed by atoms with Crippen molar-refractivity contribution in [2.45, 2.75) is 5.92 Å². The quantitative estimate of drug-likeness (QED) is 0.407. The smallest absolute Gasteiger partial charge is 0.229 e. The van der Waals surface area contributed by atoms with Crippen LogP contribution in [0.15, 0.2) is 66.7 Å². The second kappa shape index (κ2) is 5.68. The van der Waals surface area contributed by atoms with E-state index in [1.54, 1.807) is 0 Å². The minimum Gasteiger partial charge on any atom is -0.438 e. The highest BCUT2D eigenvalue weighted by Crippen LogP contribution is 2.50. The second-order valence-electron chi connectivity index (χ2n) is 6.32. The van der Waals surface area contributed by atoms with E-state index in [-0.39, 0.29) is 5.92 Å². The largest absolute Gasteiger partial charge is 0.438 e. The summed E-state index contributed by atoms with van der Waals surface area (Å²) in [6.07, 6.45) is 0. The van der Waals surface area contributed by atoms with E-state index >= 15 is 0 Å². The van der Waals surface area contributed by atoms with Crippen molar-refractivity contribution in [1.82, 2.24) is 9.97 Å². The molecule has 0 spiro atoms. The Labute approximate surface area is 155 Å². The zero-order valence-electron chi connectivity index (χ0n) is 13.8. The first kappa shape index (κ1) is 15.1. The van der Waals surface area contributed by atoms with Gasteiger partial charge in [-0.05, 0) is 34.6 Å². The zero-order valence-corrected chi connectivity index (χ0v) is 14.6. The molecule has 4 aromatic rings. The molecule has 1 atom stereocenters. The predicted octanol–water partition coefficient (Wildman–Crippen LogP) is 5.16. The van der Waals surface area contributed by atoms with Gasteiger partial charge in [0.05, 0.1) is 5.56 Å². The molecular weight excluding hydrogens is 342 g/mol. The molecular formula is C21H15N3OS. The minimum absolute atomic E-state index is 0.0830. The molecule has 0 saturated carbocycles. The highest BCUT2D eigenvalue weighted by molar-refractivity contribution is 7.71. The Hall–Kier alpha value is -3.18. The summed E-state index contributed by atoms with van der Waals surface area (Å²) in [7, 11) is 0. The molecule has 2 heterocycles. The number of hydrogen-bond acceptors (Lipinski definition) is 4. The summed E-state index contributed by atoms with van der Waals surface area (Å²) in [6.45, 7) is 0. The molecule has 3 aromatic carbocycles. The molecule has 0 fully saturated rings. The fourth-order valence-corrected chi connectivity index (χ4v) is 3.92. The third-order valence-corrected chi connectivity index (χ3v) is 5.01. The molecule has 1 aromatic heterocycles. The van der Waals surface area contributed by atoms with Crippen LogP contribution in [-0.4, -0.2) is 9.97 Å². The molecule has 0 saturated heterocycles. The molecule has 5 rings (SSSR count). The molecule has 3 N–H and O–H groups in total. The van der Waals surface area contributed by atoms with Crippen LogP contribution >= 0.6 is 12.2 Å². The fourth-order valence-electron chi connectivity index (χ4n) is 3.72. The van der Waals surface area contributed by atoms with Gasteiger partial charge in [0.1, 0.15) is 11.6 Å². The monoisotopic (exact) mass is 357 g/mol. The van der Waals surface area contributed by atoms with E-state index in [4.69, 9.17) is 22.7 Å². The average molecular weight is 357 g/mol. The minimum atomic E-state index is -0.0830. The van der Waals surface area contributed by atoms with Gasteiger partial charge in [0.2, 0.25) is 10.7 Å². The SMILES string of the molecule is Nc1[nH]c(=S)nc2c1C(c1ccccc1)c1c(ccc3ccccc13)O2. The second-order valence-corrected chi connectivity index (χ2v) is 6.71. The summed E-state index contributed by atoms with van der Waals surface area (Å²) in [5, 5.41) is 2.31. The topological polar surface area (TPSA) is 63.9 Å². The first-order valence-electron chi connectivity index (χ1n) is 8.36. The van der Waals surface area contributed by atoms with Crippen LogP contribution in [0.2, 0.25) is 0 Å². The molecule has 126 valence electrons. The number of fused-ring (bicyclic) bond motifs is 4. The Morgan fingerprint density at radius 1 is 0.923 bits per heavy atom. The number of rotatable bonds is 1. The van der Waals surface area contributed by atoms with Crippen LogP contribution in [0, 0.1) is 4.77 Å². The number of nitrogens with one attached hydrogen (secondary N) is 1. The first-order chi connectivity index (χ1) is 12.7. The molecule has 1 aliphatic heterocycles. The van der Waals surface area contributed by atoms with Crippen molar-refractivity contribution in [3.05, 3.63) is 88.2 Å².